The average molecular weight is 479 g/mol. The van der Waals surface area contributed by atoms with Gasteiger partial charge in [-0.25, -0.2) is 0 Å². The molecule has 180 valence electrons. The summed E-state index contributed by atoms with van der Waals surface area (Å²) in [5.41, 5.74) is 8.82. The topological polar surface area (TPSA) is 35.8 Å². The number of rotatable bonds is 8. The SMILES string of the molecule is Cc1ccc(C(CCC#N)(c2ccc(Nc3ccccc3)cc2)c2ccc(-c3ccccc3)cc2)cc1. The molecule has 0 bridgehead atoms. The number of nitriles is 1. The van der Waals surface area contributed by atoms with E-state index >= 15 is 0 Å². The molecule has 0 amide bonds. The van der Waals surface area contributed by atoms with Gasteiger partial charge in [-0.05, 0) is 65.4 Å². The van der Waals surface area contributed by atoms with E-state index in [-0.39, 0.29) is 0 Å². The van der Waals surface area contributed by atoms with Crippen molar-refractivity contribution in [2.75, 3.05) is 5.32 Å². The number of nitrogens with one attached hydrogen (secondary N) is 1. The first-order chi connectivity index (χ1) is 18.2. The molecule has 0 aromatic heterocycles. The summed E-state index contributed by atoms with van der Waals surface area (Å²) in [6.45, 7) is 2.11. The smallest absolute Gasteiger partial charge is 0.0622 e. The molecule has 1 N–H and O–H groups in total. The van der Waals surface area contributed by atoms with Gasteiger partial charge >= 0.3 is 0 Å². The Morgan fingerprint density at radius 2 is 1.03 bits per heavy atom. The van der Waals surface area contributed by atoms with E-state index in [1.807, 2.05) is 24.3 Å². The summed E-state index contributed by atoms with van der Waals surface area (Å²) in [4.78, 5) is 0. The molecule has 0 aliphatic carbocycles. The minimum absolute atomic E-state index is 0.441. The lowest BCUT2D eigenvalue weighted by Crippen LogP contribution is -2.29. The maximum absolute atomic E-state index is 9.66. The summed E-state index contributed by atoms with van der Waals surface area (Å²) in [5.74, 6) is 0. The van der Waals surface area contributed by atoms with Gasteiger partial charge in [0, 0.05) is 23.2 Å². The van der Waals surface area contributed by atoms with Crippen molar-refractivity contribution >= 4 is 11.4 Å². The molecule has 1 unspecified atom stereocenters. The van der Waals surface area contributed by atoms with E-state index in [1.54, 1.807) is 0 Å². The largest absolute Gasteiger partial charge is 0.356 e. The van der Waals surface area contributed by atoms with Crippen molar-refractivity contribution in [3.63, 3.8) is 0 Å². The van der Waals surface area contributed by atoms with Gasteiger partial charge in [-0.2, -0.15) is 5.26 Å². The van der Waals surface area contributed by atoms with Gasteiger partial charge in [-0.15, -0.1) is 0 Å². The second-order valence-electron chi connectivity index (χ2n) is 9.44. The van der Waals surface area contributed by atoms with Gasteiger partial charge in [0.25, 0.3) is 0 Å². The molecule has 0 aliphatic rings. The highest BCUT2D eigenvalue weighted by molar-refractivity contribution is 5.65. The van der Waals surface area contributed by atoms with E-state index in [0.717, 1.165) is 11.4 Å². The van der Waals surface area contributed by atoms with Crippen LogP contribution in [0.5, 0.6) is 0 Å². The van der Waals surface area contributed by atoms with E-state index in [4.69, 9.17) is 0 Å². The van der Waals surface area contributed by atoms with Gasteiger partial charge in [0.15, 0.2) is 0 Å². The fraction of sp³-hybridized carbons (Fsp3) is 0.114. The Hall–Kier alpha value is -4.61. The van der Waals surface area contributed by atoms with Crippen LogP contribution in [-0.4, -0.2) is 0 Å². The van der Waals surface area contributed by atoms with Crippen molar-refractivity contribution in [1.82, 2.24) is 0 Å². The second kappa shape index (κ2) is 11.0. The third-order valence-electron chi connectivity index (χ3n) is 7.08. The quantitative estimate of drug-likeness (QED) is 0.226. The fourth-order valence-electron chi connectivity index (χ4n) is 5.12. The average Bonchev–Trinajstić information content (AvgIpc) is 2.96. The molecule has 0 heterocycles. The number of hydrogen-bond donors (Lipinski definition) is 1. The maximum Gasteiger partial charge on any atom is 0.0622 e. The second-order valence-corrected chi connectivity index (χ2v) is 9.44. The minimum atomic E-state index is -0.441. The lowest BCUT2D eigenvalue weighted by atomic mass is 9.66. The molecule has 2 nitrogen and oxygen atoms in total. The van der Waals surface area contributed by atoms with Crippen LogP contribution in [0.1, 0.15) is 35.1 Å². The highest BCUT2D eigenvalue weighted by Gasteiger charge is 2.36. The van der Waals surface area contributed by atoms with Crippen LogP contribution >= 0.6 is 0 Å². The Bertz CT molecular complexity index is 1460. The molecular weight excluding hydrogens is 448 g/mol. The van der Waals surface area contributed by atoms with Crippen molar-refractivity contribution in [3.8, 4) is 17.2 Å². The van der Waals surface area contributed by atoms with Crippen LogP contribution in [0.3, 0.4) is 0 Å². The van der Waals surface area contributed by atoms with Gasteiger partial charge in [-0.1, -0.05) is 115 Å². The van der Waals surface area contributed by atoms with Crippen molar-refractivity contribution in [2.24, 2.45) is 0 Å². The minimum Gasteiger partial charge on any atom is -0.356 e. The van der Waals surface area contributed by atoms with Crippen LogP contribution in [0.15, 0.2) is 133 Å². The molecule has 5 rings (SSSR count). The van der Waals surface area contributed by atoms with Crippen LogP contribution in [0.4, 0.5) is 11.4 Å². The summed E-state index contributed by atoms with van der Waals surface area (Å²) in [6, 6.07) is 49.4. The Kier molecular flexibility index (Phi) is 7.15. The molecule has 0 aliphatic heterocycles. The molecule has 0 spiro atoms. The highest BCUT2D eigenvalue weighted by Crippen LogP contribution is 2.44. The maximum atomic E-state index is 9.66. The Morgan fingerprint density at radius 1 is 0.568 bits per heavy atom. The summed E-state index contributed by atoms with van der Waals surface area (Å²) in [7, 11) is 0. The summed E-state index contributed by atoms with van der Waals surface area (Å²) in [5, 5.41) is 13.1. The van der Waals surface area contributed by atoms with E-state index in [1.165, 1.54) is 33.4 Å². The Labute approximate surface area is 219 Å². The zero-order valence-electron chi connectivity index (χ0n) is 21.1. The number of nitrogens with zero attached hydrogens (tertiary/aromatic N) is 1. The summed E-state index contributed by atoms with van der Waals surface area (Å²) < 4.78 is 0. The third kappa shape index (κ3) is 5.17. The monoisotopic (exact) mass is 478 g/mol. The van der Waals surface area contributed by atoms with Gasteiger partial charge in [0.2, 0.25) is 0 Å². The first-order valence-electron chi connectivity index (χ1n) is 12.7. The third-order valence-corrected chi connectivity index (χ3v) is 7.08. The van der Waals surface area contributed by atoms with Crippen LogP contribution in [-0.2, 0) is 5.41 Å². The van der Waals surface area contributed by atoms with Crippen molar-refractivity contribution in [3.05, 3.63) is 156 Å². The molecule has 5 aromatic rings. The highest BCUT2D eigenvalue weighted by atomic mass is 14.9. The van der Waals surface area contributed by atoms with Gasteiger partial charge in [0.1, 0.15) is 0 Å². The predicted octanol–water partition coefficient (Wildman–Crippen LogP) is 9.04. The lowest BCUT2D eigenvalue weighted by molar-refractivity contribution is 0.569. The normalized spacial score (nSPS) is 12.3. The van der Waals surface area contributed by atoms with Crippen molar-refractivity contribution < 1.29 is 0 Å². The zero-order valence-corrected chi connectivity index (χ0v) is 21.1. The van der Waals surface area contributed by atoms with Gasteiger partial charge in [-0.3, -0.25) is 0 Å². The molecule has 1 atom stereocenters. The molecule has 2 heteroatoms. The molecular formula is C35H30N2. The van der Waals surface area contributed by atoms with E-state index in [9.17, 15) is 5.26 Å². The van der Waals surface area contributed by atoms with E-state index < -0.39 is 5.41 Å². The standard InChI is InChI=1S/C35H30N2/c1-27-13-17-30(18-14-27)35(25-8-26-36,31-19-15-29(16-20-31)28-9-4-2-5-10-28)32-21-23-34(24-22-32)37-33-11-6-3-7-12-33/h2-7,9-24,37H,8,25H2,1H3. The number of anilines is 2. The van der Waals surface area contributed by atoms with E-state index in [2.05, 4.69) is 128 Å². The summed E-state index contributed by atoms with van der Waals surface area (Å²) >= 11 is 0. The van der Waals surface area contributed by atoms with Gasteiger partial charge in [0.05, 0.1) is 6.07 Å². The predicted molar refractivity (Wildman–Crippen MR) is 154 cm³/mol. The molecule has 0 radical (unpaired) electrons. The number of aryl methyl sites for hydroxylation is 1. The number of hydrogen-bond acceptors (Lipinski definition) is 2. The van der Waals surface area contributed by atoms with Crippen LogP contribution in [0.25, 0.3) is 11.1 Å². The van der Waals surface area contributed by atoms with Crippen molar-refractivity contribution in [2.45, 2.75) is 25.2 Å². The molecule has 0 saturated heterocycles. The molecule has 37 heavy (non-hydrogen) atoms. The molecule has 5 aromatic carbocycles. The zero-order chi connectivity index (χ0) is 25.5. The van der Waals surface area contributed by atoms with Crippen LogP contribution < -0.4 is 5.32 Å². The first kappa shape index (κ1) is 24.1. The van der Waals surface area contributed by atoms with Crippen LogP contribution in [0, 0.1) is 18.3 Å². The first-order valence-corrected chi connectivity index (χ1v) is 12.7. The summed E-state index contributed by atoms with van der Waals surface area (Å²) in [6.07, 6.45) is 1.15. The number of benzene rings is 5. The Balaban J connectivity index is 1.61. The van der Waals surface area contributed by atoms with Gasteiger partial charge < -0.3 is 5.32 Å². The lowest BCUT2D eigenvalue weighted by Gasteiger charge is -2.36. The number of para-hydroxylation sites is 1. The van der Waals surface area contributed by atoms with Crippen LogP contribution in [0.2, 0.25) is 0 Å². The Morgan fingerprint density at radius 3 is 1.59 bits per heavy atom. The van der Waals surface area contributed by atoms with E-state index in [0.29, 0.717) is 12.8 Å². The molecule has 0 fully saturated rings. The molecule has 0 saturated carbocycles. The fourth-order valence-corrected chi connectivity index (χ4v) is 5.12. The van der Waals surface area contributed by atoms with Crippen molar-refractivity contribution in [1.29, 1.82) is 5.26 Å².